The van der Waals surface area contributed by atoms with Crippen LogP contribution in [-0.2, 0) is 21.0 Å². The highest BCUT2D eigenvalue weighted by molar-refractivity contribution is 7.92. The zero-order chi connectivity index (χ0) is 29.2. The van der Waals surface area contributed by atoms with Crippen molar-refractivity contribution in [3.63, 3.8) is 0 Å². The van der Waals surface area contributed by atoms with E-state index in [2.05, 4.69) is 10.3 Å². The average Bonchev–Trinajstić information content (AvgIpc) is 2.98. The van der Waals surface area contributed by atoms with Gasteiger partial charge in [0.05, 0.1) is 10.3 Å². The molecule has 0 unspecified atom stereocenters. The van der Waals surface area contributed by atoms with Gasteiger partial charge in [0.1, 0.15) is 0 Å². The minimum Gasteiger partial charge on any atom is -0.619 e. The SMILES string of the molecule is CCS(=O)(=O)C(C)(C)c1cc(-c2cccc(C(=O)Nc3ccc(Cc4cc[n+]([O-])cc4)cc3)c2)c2ncccc2c1. The van der Waals surface area contributed by atoms with Crippen LogP contribution in [0.2, 0.25) is 0 Å². The lowest BCUT2D eigenvalue weighted by atomic mass is 9.93. The number of aromatic nitrogens is 2. The number of nitrogens with one attached hydrogen (secondary N) is 1. The standard InChI is InChI=1S/C33H31N3O4S/c1-4-41(39,40)33(2,3)28-21-26-9-6-16-34-31(26)30(22-28)25-7-5-8-27(20-25)32(37)35-29-12-10-23(11-13-29)19-24-14-17-36(38)18-15-24/h5-18,20-22H,4,19H2,1-3H3,(H,35,37). The van der Waals surface area contributed by atoms with E-state index in [1.165, 1.54) is 12.4 Å². The maximum atomic E-state index is 13.2. The van der Waals surface area contributed by atoms with Gasteiger partial charge in [-0.05, 0) is 85.0 Å². The van der Waals surface area contributed by atoms with Crippen molar-refractivity contribution in [1.29, 1.82) is 0 Å². The summed E-state index contributed by atoms with van der Waals surface area (Å²) in [6, 6.07) is 25.9. The van der Waals surface area contributed by atoms with Crippen LogP contribution in [0.4, 0.5) is 5.69 Å². The average molecular weight is 566 g/mol. The predicted octanol–water partition coefficient (Wildman–Crippen LogP) is 6.05. The summed E-state index contributed by atoms with van der Waals surface area (Å²) in [6.07, 6.45) is 5.33. The summed E-state index contributed by atoms with van der Waals surface area (Å²) in [6.45, 7) is 5.11. The van der Waals surface area contributed by atoms with E-state index in [1.54, 1.807) is 51.2 Å². The molecule has 0 fully saturated rings. The van der Waals surface area contributed by atoms with Crippen molar-refractivity contribution >= 4 is 32.3 Å². The van der Waals surface area contributed by atoms with Gasteiger partial charge in [0.2, 0.25) is 0 Å². The molecule has 5 aromatic rings. The molecule has 208 valence electrons. The van der Waals surface area contributed by atoms with Gasteiger partial charge in [-0.1, -0.05) is 37.3 Å². The van der Waals surface area contributed by atoms with Gasteiger partial charge in [-0.3, -0.25) is 9.78 Å². The molecular formula is C33H31N3O4S. The highest BCUT2D eigenvalue weighted by Crippen LogP contribution is 2.37. The topological polar surface area (TPSA) is 103 Å². The van der Waals surface area contributed by atoms with Crippen molar-refractivity contribution < 1.29 is 17.9 Å². The molecule has 41 heavy (non-hydrogen) atoms. The molecule has 0 bridgehead atoms. The summed E-state index contributed by atoms with van der Waals surface area (Å²) < 4.78 is 25.6. The summed E-state index contributed by atoms with van der Waals surface area (Å²) in [5.74, 6) is -0.227. The third-order valence-electron chi connectivity index (χ3n) is 7.48. The molecule has 2 heterocycles. The van der Waals surface area contributed by atoms with Gasteiger partial charge < -0.3 is 10.5 Å². The van der Waals surface area contributed by atoms with Crippen molar-refractivity contribution in [3.05, 3.63) is 131 Å². The second kappa shape index (κ2) is 11.1. The summed E-state index contributed by atoms with van der Waals surface area (Å²) in [5.41, 5.74) is 6.15. The number of benzene rings is 3. The molecule has 0 aliphatic heterocycles. The Hall–Kier alpha value is -4.56. The summed E-state index contributed by atoms with van der Waals surface area (Å²) in [5, 5.41) is 15.0. The predicted molar refractivity (Wildman–Crippen MR) is 162 cm³/mol. The van der Waals surface area contributed by atoms with Crippen molar-refractivity contribution in [1.82, 2.24) is 4.98 Å². The molecule has 0 radical (unpaired) electrons. The van der Waals surface area contributed by atoms with Crippen LogP contribution in [-0.4, -0.2) is 25.1 Å². The molecule has 0 aliphatic rings. The van der Waals surface area contributed by atoms with E-state index in [0.717, 1.165) is 37.9 Å². The van der Waals surface area contributed by atoms with Crippen molar-refractivity contribution in [2.75, 3.05) is 11.1 Å². The van der Waals surface area contributed by atoms with Crippen LogP contribution in [0.25, 0.3) is 22.0 Å². The van der Waals surface area contributed by atoms with Crippen molar-refractivity contribution in [2.24, 2.45) is 0 Å². The van der Waals surface area contributed by atoms with Gasteiger partial charge in [-0.2, -0.15) is 4.73 Å². The monoisotopic (exact) mass is 565 g/mol. The van der Waals surface area contributed by atoms with E-state index in [4.69, 9.17) is 0 Å². The van der Waals surface area contributed by atoms with Crippen LogP contribution in [0.3, 0.4) is 0 Å². The quantitative estimate of drug-likeness (QED) is 0.182. The Morgan fingerprint density at radius 3 is 2.34 bits per heavy atom. The molecule has 1 amide bonds. The number of nitrogens with zero attached hydrogens (tertiary/aromatic N) is 2. The van der Waals surface area contributed by atoms with E-state index in [-0.39, 0.29) is 11.7 Å². The molecule has 0 spiro atoms. The van der Waals surface area contributed by atoms with Crippen LogP contribution in [0.5, 0.6) is 0 Å². The second-order valence-corrected chi connectivity index (χ2v) is 13.3. The van der Waals surface area contributed by atoms with Gasteiger partial charge in [0.25, 0.3) is 5.91 Å². The maximum absolute atomic E-state index is 13.2. The van der Waals surface area contributed by atoms with E-state index in [9.17, 15) is 18.4 Å². The molecule has 8 heteroatoms. The van der Waals surface area contributed by atoms with E-state index in [0.29, 0.717) is 23.2 Å². The van der Waals surface area contributed by atoms with Crippen molar-refractivity contribution in [3.8, 4) is 11.1 Å². The van der Waals surface area contributed by atoms with Crippen LogP contribution < -0.4 is 10.0 Å². The number of fused-ring (bicyclic) bond motifs is 1. The van der Waals surface area contributed by atoms with Crippen LogP contribution in [0, 0.1) is 5.21 Å². The Morgan fingerprint density at radius 2 is 1.63 bits per heavy atom. The first-order chi connectivity index (χ1) is 19.6. The molecule has 1 N–H and O–H groups in total. The number of amides is 1. The largest absolute Gasteiger partial charge is 0.619 e. The highest BCUT2D eigenvalue weighted by atomic mass is 32.2. The second-order valence-electron chi connectivity index (χ2n) is 10.5. The minimum absolute atomic E-state index is 0.0325. The number of carbonyl (C=O) groups is 1. The van der Waals surface area contributed by atoms with Crippen LogP contribution >= 0.6 is 0 Å². The first kappa shape index (κ1) is 28.0. The number of rotatable bonds is 8. The Kier molecular flexibility index (Phi) is 7.60. The van der Waals surface area contributed by atoms with Gasteiger partial charge in [-0.15, -0.1) is 0 Å². The molecule has 0 atom stereocenters. The summed E-state index contributed by atoms with van der Waals surface area (Å²) >= 11 is 0. The van der Waals surface area contributed by atoms with Gasteiger partial charge >= 0.3 is 0 Å². The molecule has 0 aliphatic carbocycles. The molecule has 5 rings (SSSR count). The molecule has 3 aromatic carbocycles. The highest BCUT2D eigenvalue weighted by Gasteiger charge is 2.35. The fraction of sp³-hybridized carbons (Fsp3) is 0.182. The zero-order valence-electron chi connectivity index (χ0n) is 23.2. The van der Waals surface area contributed by atoms with E-state index in [1.807, 2.05) is 60.7 Å². The van der Waals surface area contributed by atoms with Gasteiger partial charge in [0.15, 0.2) is 22.2 Å². The number of hydrogen-bond acceptors (Lipinski definition) is 5. The fourth-order valence-electron chi connectivity index (χ4n) is 4.83. The summed E-state index contributed by atoms with van der Waals surface area (Å²) in [7, 11) is -3.40. The maximum Gasteiger partial charge on any atom is 0.255 e. The Labute approximate surface area is 240 Å². The van der Waals surface area contributed by atoms with E-state index >= 15 is 0 Å². The van der Waals surface area contributed by atoms with Gasteiger partial charge in [0, 0.05) is 46.3 Å². The lowest BCUT2D eigenvalue weighted by molar-refractivity contribution is -0.605. The smallest absolute Gasteiger partial charge is 0.255 e. The first-order valence-corrected chi connectivity index (χ1v) is 15.0. The Balaban J connectivity index is 1.42. The number of pyridine rings is 2. The first-order valence-electron chi connectivity index (χ1n) is 13.4. The molecule has 0 saturated carbocycles. The van der Waals surface area contributed by atoms with Crippen LogP contribution in [0.1, 0.15) is 47.8 Å². The lowest BCUT2D eigenvalue weighted by Crippen LogP contribution is -2.30. The third-order valence-corrected chi connectivity index (χ3v) is 10.0. The lowest BCUT2D eigenvalue weighted by Gasteiger charge is -2.26. The van der Waals surface area contributed by atoms with Crippen LogP contribution in [0.15, 0.2) is 104 Å². The summed E-state index contributed by atoms with van der Waals surface area (Å²) in [4.78, 5) is 17.8. The number of hydrogen-bond donors (Lipinski definition) is 1. The molecule has 7 nitrogen and oxygen atoms in total. The number of sulfone groups is 1. The van der Waals surface area contributed by atoms with Crippen molar-refractivity contribution in [2.45, 2.75) is 31.9 Å². The molecular weight excluding hydrogens is 534 g/mol. The number of carbonyl (C=O) groups excluding carboxylic acids is 1. The fourth-order valence-corrected chi connectivity index (χ4v) is 6.03. The molecule has 0 saturated heterocycles. The normalized spacial score (nSPS) is 11.9. The zero-order valence-corrected chi connectivity index (χ0v) is 24.0. The Morgan fingerprint density at radius 1 is 0.927 bits per heavy atom. The van der Waals surface area contributed by atoms with E-state index < -0.39 is 14.6 Å². The van der Waals surface area contributed by atoms with Gasteiger partial charge in [-0.25, -0.2) is 8.42 Å². The number of anilines is 1. The molecule has 2 aromatic heterocycles. The minimum atomic E-state index is -3.40. The Bertz CT molecular complexity index is 1830. The third kappa shape index (κ3) is 5.83.